The predicted octanol–water partition coefficient (Wildman–Crippen LogP) is 3.44. The highest BCUT2D eigenvalue weighted by Crippen LogP contribution is 2.26. The molecular formula is C10H7ClFNO. The average Bonchev–Trinajstić information content (AvgIpc) is 2.57. The second kappa shape index (κ2) is 3.42. The molecule has 0 aliphatic heterocycles. The number of aromatic nitrogens is 1. The van der Waals surface area contributed by atoms with E-state index >= 15 is 0 Å². The highest BCUT2D eigenvalue weighted by atomic mass is 35.5. The second-order valence-corrected chi connectivity index (χ2v) is 3.28. The summed E-state index contributed by atoms with van der Waals surface area (Å²) in [5.41, 5.74) is 0.283. The van der Waals surface area contributed by atoms with Crippen molar-refractivity contribution in [2.75, 3.05) is 0 Å². The number of aryl methyl sites for hydroxylation is 1. The minimum Gasteiger partial charge on any atom is -0.441 e. The quantitative estimate of drug-likeness (QED) is 0.722. The number of hydrogen-bond acceptors (Lipinski definition) is 2. The molecule has 0 unspecified atom stereocenters. The molecule has 0 bridgehead atoms. The molecule has 0 saturated heterocycles. The van der Waals surface area contributed by atoms with Gasteiger partial charge in [-0.25, -0.2) is 9.37 Å². The van der Waals surface area contributed by atoms with Crippen LogP contribution in [0.3, 0.4) is 0 Å². The first-order chi connectivity index (χ1) is 6.68. The molecule has 0 aliphatic rings. The lowest BCUT2D eigenvalue weighted by Crippen LogP contribution is -1.84. The molecule has 0 atom stereocenters. The summed E-state index contributed by atoms with van der Waals surface area (Å²) in [7, 11) is 0. The molecule has 72 valence electrons. The van der Waals surface area contributed by atoms with E-state index in [1.165, 1.54) is 12.3 Å². The third-order valence-corrected chi connectivity index (χ3v) is 2.10. The minimum absolute atomic E-state index is 0.0679. The Morgan fingerprint density at radius 3 is 2.86 bits per heavy atom. The minimum atomic E-state index is -0.504. The smallest absolute Gasteiger partial charge is 0.229 e. The molecule has 1 aromatic heterocycles. The van der Waals surface area contributed by atoms with Crippen LogP contribution in [0.2, 0.25) is 5.02 Å². The van der Waals surface area contributed by atoms with Gasteiger partial charge >= 0.3 is 0 Å². The molecular weight excluding hydrogens is 205 g/mol. The molecule has 0 spiro atoms. The summed E-state index contributed by atoms with van der Waals surface area (Å²) >= 11 is 5.63. The van der Waals surface area contributed by atoms with Crippen LogP contribution in [0.5, 0.6) is 0 Å². The van der Waals surface area contributed by atoms with Gasteiger partial charge < -0.3 is 4.42 Å². The van der Waals surface area contributed by atoms with Gasteiger partial charge in [0.1, 0.15) is 5.76 Å². The van der Waals surface area contributed by atoms with Crippen molar-refractivity contribution < 1.29 is 8.81 Å². The normalized spacial score (nSPS) is 10.5. The van der Waals surface area contributed by atoms with Gasteiger partial charge in [0, 0.05) is 0 Å². The summed E-state index contributed by atoms with van der Waals surface area (Å²) in [6.45, 7) is 1.75. The van der Waals surface area contributed by atoms with Crippen molar-refractivity contribution in [2.24, 2.45) is 0 Å². The lowest BCUT2D eigenvalue weighted by atomic mass is 10.2. The van der Waals surface area contributed by atoms with Crippen LogP contribution in [0.15, 0.2) is 28.8 Å². The van der Waals surface area contributed by atoms with Gasteiger partial charge in [0.2, 0.25) is 5.89 Å². The van der Waals surface area contributed by atoms with Crippen molar-refractivity contribution in [1.82, 2.24) is 4.98 Å². The summed E-state index contributed by atoms with van der Waals surface area (Å²) in [6, 6.07) is 4.71. The Balaban J connectivity index is 2.57. The van der Waals surface area contributed by atoms with Crippen LogP contribution in [-0.4, -0.2) is 4.98 Å². The monoisotopic (exact) mass is 211 g/mol. The molecule has 14 heavy (non-hydrogen) atoms. The van der Waals surface area contributed by atoms with E-state index in [0.29, 0.717) is 5.76 Å². The van der Waals surface area contributed by atoms with E-state index in [1.807, 2.05) is 0 Å². The van der Waals surface area contributed by atoms with Gasteiger partial charge in [-0.15, -0.1) is 0 Å². The molecule has 0 radical (unpaired) electrons. The number of benzene rings is 1. The Labute approximate surface area is 85.3 Å². The topological polar surface area (TPSA) is 26.0 Å². The Kier molecular flexibility index (Phi) is 2.25. The molecule has 0 saturated carbocycles. The molecule has 0 aliphatic carbocycles. The summed E-state index contributed by atoms with van der Waals surface area (Å²) < 4.78 is 18.7. The van der Waals surface area contributed by atoms with Crippen LogP contribution in [0.1, 0.15) is 5.76 Å². The third-order valence-electron chi connectivity index (χ3n) is 1.80. The fraction of sp³-hybridized carbons (Fsp3) is 0.100. The zero-order valence-corrected chi connectivity index (χ0v) is 8.18. The zero-order chi connectivity index (χ0) is 10.1. The standard InChI is InChI=1S/C10H7ClFNO/c1-6-5-13-10(14-6)7-3-2-4-8(11)9(7)12/h2-5H,1H3. The first-order valence-electron chi connectivity index (χ1n) is 4.05. The second-order valence-electron chi connectivity index (χ2n) is 2.88. The maximum atomic E-state index is 13.5. The van der Waals surface area contributed by atoms with E-state index in [4.69, 9.17) is 16.0 Å². The maximum Gasteiger partial charge on any atom is 0.229 e. The van der Waals surface area contributed by atoms with E-state index in [2.05, 4.69) is 4.98 Å². The van der Waals surface area contributed by atoms with Crippen LogP contribution in [0.25, 0.3) is 11.5 Å². The first-order valence-corrected chi connectivity index (χ1v) is 4.43. The van der Waals surface area contributed by atoms with Gasteiger partial charge in [0.05, 0.1) is 16.8 Å². The van der Waals surface area contributed by atoms with Gasteiger partial charge in [-0.2, -0.15) is 0 Å². The number of halogens is 2. The summed E-state index contributed by atoms with van der Waals surface area (Å²) in [5.74, 6) is 0.387. The Hall–Kier alpha value is -1.35. The van der Waals surface area contributed by atoms with Crippen LogP contribution in [-0.2, 0) is 0 Å². The summed E-state index contributed by atoms with van der Waals surface area (Å²) in [6.07, 6.45) is 1.54. The molecule has 1 heterocycles. The van der Waals surface area contributed by atoms with Crippen molar-refractivity contribution in [1.29, 1.82) is 0 Å². The summed E-state index contributed by atoms with van der Waals surface area (Å²) in [5, 5.41) is 0.0679. The van der Waals surface area contributed by atoms with E-state index in [1.54, 1.807) is 19.1 Å². The number of nitrogens with zero attached hydrogens (tertiary/aromatic N) is 1. The number of oxazole rings is 1. The zero-order valence-electron chi connectivity index (χ0n) is 7.42. The molecule has 2 aromatic rings. The van der Waals surface area contributed by atoms with Crippen molar-refractivity contribution in [3.8, 4) is 11.5 Å². The molecule has 0 fully saturated rings. The maximum absolute atomic E-state index is 13.5. The van der Waals surface area contributed by atoms with Crippen molar-refractivity contribution in [3.05, 3.63) is 41.0 Å². The van der Waals surface area contributed by atoms with Gasteiger partial charge in [0.25, 0.3) is 0 Å². The molecule has 2 rings (SSSR count). The van der Waals surface area contributed by atoms with Crippen molar-refractivity contribution in [3.63, 3.8) is 0 Å². The highest BCUT2D eigenvalue weighted by molar-refractivity contribution is 6.31. The summed E-state index contributed by atoms with van der Waals surface area (Å²) in [4.78, 5) is 3.92. The highest BCUT2D eigenvalue weighted by Gasteiger charge is 2.12. The number of rotatable bonds is 1. The van der Waals surface area contributed by atoms with Crippen molar-refractivity contribution >= 4 is 11.6 Å². The first kappa shape index (κ1) is 9.21. The average molecular weight is 212 g/mol. The van der Waals surface area contributed by atoms with E-state index in [0.717, 1.165) is 0 Å². The van der Waals surface area contributed by atoms with Gasteiger partial charge in [0.15, 0.2) is 5.82 Å². The third kappa shape index (κ3) is 1.51. The van der Waals surface area contributed by atoms with E-state index < -0.39 is 5.82 Å². The predicted molar refractivity (Wildman–Crippen MR) is 51.6 cm³/mol. The van der Waals surface area contributed by atoms with Gasteiger partial charge in [-0.3, -0.25) is 0 Å². The lowest BCUT2D eigenvalue weighted by molar-refractivity contribution is 0.535. The molecule has 4 heteroatoms. The largest absolute Gasteiger partial charge is 0.441 e. The SMILES string of the molecule is Cc1cnc(-c2cccc(Cl)c2F)o1. The fourth-order valence-electron chi connectivity index (χ4n) is 1.15. The Morgan fingerprint density at radius 1 is 1.43 bits per heavy atom. The Morgan fingerprint density at radius 2 is 2.21 bits per heavy atom. The van der Waals surface area contributed by atoms with Gasteiger partial charge in [-0.05, 0) is 19.1 Å². The lowest BCUT2D eigenvalue weighted by Gasteiger charge is -1.98. The fourth-order valence-corrected chi connectivity index (χ4v) is 1.32. The van der Waals surface area contributed by atoms with Gasteiger partial charge in [-0.1, -0.05) is 17.7 Å². The Bertz CT molecular complexity index is 467. The van der Waals surface area contributed by atoms with Crippen LogP contribution < -0.4 is 0 Å². The van der Waals surface area contributed by atoms with Crippen molar-refractivity contribution in [2.45, 2.75) is 6.92 Å². The molecule has 0 amide bonds. The molecule has 0 N–H and O–H groups in total. The van der Waals surface area contributed by atoms with E-state index in [-0.39, 0.29) is 16.5 Å². The van der Waals surface area contributed by atoms with Crippen LogP contribution >= 0.6 is 11.6 Å². The molecule has 1 aromatic carbocycles. The van der Waals surface area contributed by atoms with E-state index in [9.17, 15) is 4.39 Å². The van der Waals surface area contributed by atoms with Crippen LogP contribution in [0, 0.1) is 12.7 Å². The number of hydrogen-bond donors (Lipinski definition) is 0. The molecule has 2 nitrogen and oxygen atoms in total. The van der Waals surface area contributed by atoms with Crippen LogP contribution in [0.4, 0.5) is 4.39 Å².